The third-order valence-electron chi connectivity index (χ3n) is 6.98. The highest BCUT2D eigenvalue weighted by atomic mass is 35.5. The number of carbonyl (C=O) groups excluding carboxylic acids is 2. The largest absolute Gasteiger partial charge is 0.367 e. The minimum Gasteiger partial charge on any atom is -0.367 e. The summed E-state index contributed by atoms with van der Waals surface area (Å²) in [5.41, 5.74) is 0.903. The van der Waals surface area contributed by atoms with E-state index in [-0.39, 0.29) is 30.1 Å². The minimum atomic E-state index is -0.857. The average molecular weight is 482 g/mol. The molecule has 1 N–H and O–H groups in total. The van der Waals surface area contributed by atoms with Gasteiger partial charge in [0.2, 0.25) is 11.8 Å². The molecule has 0 unspecified atom stereocenters. The second-order valence-electron chi connectivity index (χ2n) is 8.98. The number of nitrogens with zero attached hydrogens (tertiary/aromatic N) is 6. The number of rotatable bonds is 5. The molecule has 5 rings (SSSR count). The van der Waals surface area contributed by atoms with Gasteiger partial charge in [-0.15, -0.1) is 12.4 Å². The van der Waals surface area contributed by atoms with E-state index in [1.807, 2.05) is 29.3 Å². The Balaban J connectivity index is 0.00000274. The zero-order chi connectivity index (χ0) is 23.0. The van der Waals surface area contributed by atoms with Crippen molar-refractivity contribution in [1.29, 1.82) is 5.26 Å². The molecule has 1 saturated carbocycles. The van der Waals surface area contributed by atoms with Crippen LogP contribution in [0.2, 0.25) is 0 Å². The summed E-state index contributed by atoms with van der Waals surface area (Å²) in [4.78, 5) is 39.3. The molecule has 3 fully saturated rings. The highest BCUT2D eigenvalue weighted by Gasteiger charge is 2.56. The number of carbonyl (C=O) groups is 2. The molecule has 1 aliphatic carbocycles. The van der Waals surface area contributed by atoms with Gasteiger partial charge >= 0.3 is 0 Å². The van der Waals surface area contributed by atoms with Crippen molar-refractivity contribution in [2.75, 3.05) is 47.8 Å². The molecule has 178 valence electrons. The van der Waals surface area contributed by atoms with Crippen molar-refractivity contribution in [3.63, 3.8) is 0 Å². The third-order valence-corrected chi connectivity index (χ3v) is 6.98. The predicted octanol–water partition coefficient (Wildman–Crippen LogP) is 2.97. The van der Waals surface area contributed by atoms with E-state index in [4.69, 9.17) is 0 Å². The number of anilines is 4. The van der Waals surface area contributed by atoms with E-state index in [0.717, 1.165) is 50.4 Å². The summed E-state index contributed by atoms with van der Waals surface area (Å²) in [6, 6.07) is 9.86. The average Bonchev–Trinajstić information content (AvgIpc) is 3.63. The Morgan fingerprint density at radius 2 is 1.85 bits per heavy atom. The van der Waals surface area contributed by atoms with Gasteiger partial charge in [-0.3, -0.25) is 9.59 Å². The number of hydrogen-bond acceptors (Lipinski definition) is 7. The van der Waals surface area contributed by atoms with Crippen LogP contribution in [0.1, 0.15) is 26.2 Å². The lowest BCUT2D eigenvalue weighted by Crippen LogP contribution is -2.48. The van der Waals surface area contributed by atoms with Gasteiger partial charge in [0.05, 0.1) is 18.0 Å². The van der Waals surface area contributed by atoms with Crippen molar-refractivity contribution in [1.82, 2.24) is 14.9 Å². The summed E-state index contributed by atoms with van der Waals surface area (Å²) >= 11 is 0. The molecule has 1 atom stereocenters. The number of hydrogen-bond donors (Lipinski definition) is 1. The van der Waals surface area contributed by atoms with Crippen molar-refractivity contribution in [2.24, 2.45) is 11.3 Å². The van der Waals surface area contributed by atoms with Crippen molar-refractivity contribution >= 4 is 47.2 Å². The Kier molecular flexibility index (Phi) is 6.62. The first-order chi connectivity index (χ1) is 16.0. The Morgan fingerprint density at radius 3 is 2.47 bits per heavy atom. The zero-order valence-electron chi connectivity index (χ0n) is 19.1. The fraction of sp³-hybridized carbons (Fsp3) is 0.458. The van der Waals surface area contributed by atoms with Crippen LogP contribution in [0.25, 0.3) is 0 Å². The Morgan fingerprint density at radius 1 is 1.09 bits per heavy atom. The maximum Gasteiger partial charge on any atom is 0.247 e. The van der Waals surface area contributed by atoms with Crippen LogP contribution in [0.15, 0.2) is 36.7 Å². The van der Waals surface area contributed by atoms with Crippen LogP contribution in [0.4, 0.5) is 23.0 Å². The lowest BCUT2D eigenvalue weighted by Gasteiger charge is -2.35. The highest BCUT2D eigenvalue weighted by Crippen LogP contribution is 2.51. The molecule has 4 heterocycles. The lowest BCUT2D eigenvalue weighted by atomic mass is 9.83. The number of nitriles is 1. The summed E-state index contributed by atoms with van der Waals surface area (Å²) in [6.07, 6.45) is 5.99. The SMILES string of the molecule is CC(=O)N1CCN(c2ccc(Nc3cc(N4CC[C@@](C#N)(C5CC5)C4=O)ccn3)nc2)CC1.Cl. The van der Waals surface area contributed by atoms with Crippen molar-refractivity contribution in [3.05, 3.63) is 36.7 Å². The molecule has 2 amide bonds. The monoisotopic (exact) mass is 481 g/mol. The summed E-state index contributed by atoms with van der Waals surface area (Å²) in [5, 5.41) is 12.9. The molecule has 2 aromatic heterocycles. The Labute approximate surface area is 205 Å². The molecule has 10 heteroatoms. The van der Waals surface area contributed by atoms with E-state index >= 15 is 0 Å². The van der Waals surface area contributed by atoms with Crippen molar-refractivity contribution in [2.45, 2.75) is 26.2 Å². The first kappa shape index (κ1) is 23.8. The summed E-state index contributed by atoms with van der Waals surface area (Å²) in [6.45, 7) is 5.16. The summed E-state index contributed by atoms with van der Waals surface area (Å²) < 4.78 is 0. The molecule has 2 saturated heterocycles. The number of amides is 2. The molecule has 0 aromatic carbocycles. The molecular weight excluding hydrogens is 454 g/mol. The topological polar surface area (TPSA) is 105 Å². The Hall–Kier alpha value is -3.38. The minimum absolute atomic E-state index is 0. The second-order valence-corrected chi connectivity index (χ2v) is 8.98. The van der Waals surface area contributed by atoms with Crippen LogP contribution in [-0.4, -0.2) is 59.4 Å². The van der Waals surface area contributed by atoms with Gasteiger partial charge in [0.15, 0.2) is 0 Å². The number of nitrogens with one attached hydrogen (secondary N) is 1. The second kappa shape index (κ2) is 9.47. The maximum absolute atomic E-state index is 13.1. The van der Waals surface area contributed by atoms with E-state index in [0.29, 0.717) is 24.6 Å². The lowest BCUT2D eigenvalue weighted by molar-refractivity contribution is -0.129. The van der Waals surface area contributed by atoms with E-state index in [1.165, 1.54) is 0 Å². The predicted molar refractivity (Wildman–Crippen MR) is 131 cm³/mol. The van der Waals surface area contributed by atoms with E-state index < -0.39 is 5.41 Å². The van der Waals surface area contributed by atoms with Crippen molar-refractivity contribution < 1.29 is 9.59 Å². The Bertz CT molecular complexity index is 1110. The standard InChI is InChI=1S/C24H27N7O2.ClH/c1-17(32)29-10-12-30(13-11-29)20-4-5-21(27-15-20)28-22-14-19(6-8-26-22)31-9-7-24(16-25,23(31)33)18-2-3-18;/h4-6,8,14-15,18H,2-3,7,9-13H2,1H3,(H,26,27,28);1H/t24-;/m1./s1. The molecule has 9 nitrogen and oxygen atoms in total. The van der Waals surface area contributed by atoms with Crippen molar-refractivity contribution in [3.8, 4) is 6.07 Å². The van der Waals surface area contributed by atoms with Crippen LogP contribution >= 0.6 is 12.4 Å². The van der Waals surface area contributed by atoms with Crippen LogP contribution in [0.5, 0.6) is 0 Å². The number of pyridine rings is 2. The number of aromatic nitrogens is 2. The van der Waals surface area contributed by atoms with Gasteiger partial charge < -0.3 is 20.0 Å². The maximum atomic E-state index is 13.1. The molecule has 0 radical (unpaired) electrons. The molecule has 2 aliphatic heterocycles. The molecule has 0 spiro atoms. The fourth-order valence-electron chi connectivity index (χ4n) is 4.85. The molecular formula is C24H28ClN7O2. The quantitative estimate of drug-likeness (QED) is 0.699. The van der Waals surface area contributed by atoms with Gasteiger partial charge in [-0.2, -0.15) is 5.26 Å². The van der Waals surface area contributed by atoms with Crippen LogP contribution in [-0.2, 0) is 9.59 Å². The van der Waals surface area contributed by atoms with Gasteiger partial charge in [-0.05, 0) is 43.4 Å². The number of piperazine rings is 1. The summed E-state index contributed by atoms with van der Waals surface area (Å²) in [7, 11) is 0. The van der Waals surface area contributed by atoms with Gasteiger partial charge in [0.1, 0.15) is 17.1 Å². The van der Waals surface area contributed by atoms with Gasteiger partial charge in [-0.25, -0.2) is 9.97 Å². The van der Waals surface area contributed by atoms with E-state index in [9.17, 15) is 14.9 Å². The van der Waals surface area contributed by atoms with E-state index in [2.05, 4.69) is 26.3 Å². The summed E-state index contributed by atoms with van der Waals surface area (Å²) in [5.74, 6) is 1.48. The van der Waals surface area contributed by atoms with Crippen LogP contribution < -0.4 is 15.1 Å². The zero-order valence-corrected chi connectivity index (χ0v) is 19.9. The fourth-order valence-corrected chi connectivity index (χ4v) is 4.85. The number of halogens is 1. The van der Waals surface area contributed by atoms with E-state index in [1.54, 1.807) is 24.1 Å². The molecule has 34 heavy (non-hydrogen) atoms. The molecule has 2 aromatic rings. The van der Waals surface area contributed by atoms with Gasteiger partial charge in [0.25, 0.3) is 0 Å². The van der Waals surface area contributed by atoms with Gasteiger partial charge in [-0.1, -0.05) is 0 Å². The molecule has 3 aliphatic rings. The normalized spacial score (nSPS) is 22.2. The van der Waals surface area contributed by atoms with Gasteiger partial charge in [0, 0.05) is 57.6 Å². The van der Waals surface area contributed by atoms with Crippen LogP contribution in [0.3, 0.4) is 0 Å². The smallest absolute Gasteiger partial charge is 0.247 e. The first-order valence-electron chi connectivity index (χ1n) is 11.4. The molecule has 0 bridgehead atoms. The third kappa shape index (κ3) is 4.38. The van der Waals surface area contributed by atoms with Crippen LogP contribution in [0, 0.1) is 22.7 Å². The highest BCUT2D eigenvalue weighted by molar-refractivity contribution is 6.02. The first-order valence-corrected chi connectivity index (χ1v) is 11.4.